The van der Waals surface area contributed by atoms with E-state index in [0.29, 0.717) is 5.41 Å². The molecule has 2 aliphatic carbocycles. The first kappa shape index (κ1) is 23.2. The summed E-state index contributed by atoms with van der Waals surface area (Å²) in [7, 11) is 0. The van der Waals surface area contributed by atoms with Crippen LogP contribution in [0.1, 0.15) is 48.9 Å². The number of hydrogen-bond donors (Lipinski definition) is 0. The molecule has 0 saturated heterocycles. The largest absolute Gasteiger partial charge is 1.00 e. The Hall–Kier alpha value is 0.120. The first-order chi connectivity index (χ1) is 10.8. The number of allylic oxidation sites excluding steroid dienone is 6. The summed E-state index contributed by atoms with van der Waals surface area (Å²) in [4.78, 5) is 0. The summed E-state index contributed by atoms with van der Waals surface area (Å²) >= 11 is -1.66. The van der Waals surface area contributed by atoms with Gasteiger partial charge in [-0.3, -0.25) is 0 Å². The number of benzene rings is 1. The first-order valence-electron chi connectivity index (χ1n) is 8.64. The van der Waals surface area contributed by atoms with Gasteiger partial charge in [0.05, 0.1) is 0 Å². The Morgan fingerprint density at radius 2 is 1.68 bits per heavy atom. The molecular formula is C21H28Cl2SiZr. The van der Waals surface area contributed by atoms with Gasteiger partial charge >= 0.3 is 150 Å². The van der Waals surface area contributed by atoms with Gasteiger partial charge < -0.3 is 24.8 Å². The van der Waals surface area contributed by atoms with Crippen LogP contribution in [-0.4, -0.2) is 5.43 Å². The zero-order chi connectivity index (χ0) is 16.8. The molecule has 1 atom stereocenters. The molecule has 2 aliphatic rings. The smallest absolute Gasteiger partial charge is 1.00 e. The van der Waals surface area contributed by atoms with Gasteiger partial charge in [0, 0.05) is 0 Å². The van der Waals surface area contributed by atoms with Crippen molar-refractivity contribution in [3.05, 3.63) is 62.5 Å². The molecule has 0 N–H and O–H groups in total. The number of fused-ring (bicyclic) bond motifs is 1. The van der Waals surface area contributed by atoms with Crippen LogP contribution in [0.2, 0.25) is 13.1 Å². The van der Waals surface area contributed by atoms with Crippen molar-refractivity contribution in [2.24, 2.45) is 5.41 Å². The predicted molar refractivity (Wildman–Crippen MR) is 101 cm³/mol. The van der Waals surface area contributed by atoms with E-state index in [-0.39, 0.29) is 30.2 Å². The second kappa shape index (κ2) is 8.87. The molecule has 0 aromatic heterocycles. The van der Waals surface area contributed by atoms with E-state index >= 15 is 0 Å². The van der Waals surface area contributed by atoms with Crippen LogP contribution in [0, 0.1) is 5.41 Å². The summed E-state index contributed by atoms with van der Waals surface area (Å²) in [5, 5.41) is 0. The molecule has 0 bridgehead atoms. The van der Waals surface area contributed by atoms with Crippen LogP contribution in [0.4, 0.5) is 0 Å². The Bertz CT molecular complexity index is 775. The fourth-order valence-corrected chi connectivity index (χ4v) is 21.8. The van der Waals surface area contributed by atoms with E-state index in [1.165, 1.54) is 17.6 Å². The van der Waals surface area contributed by atoms with Gasteiger partial charge in [-0.05, 0) is 0 Å². The molecule has 0 radical (unpaired) electrons. The Labute approximate surface area is 173 Å². The van der Waals surface area contributed by atoms with Crippen molar-refractivity contribution in [2.45, 2.75) is 50.8 Å². The van der Waals surface area contributed by atoms with Crippen molar-refractivity contribution >= 4 is 11.0 Å². The number of rotatable bonds is 2. The second-order valence-corrected chi connectivity index (χ2v) is 25.8. The van der Waals surface area contributed by atoms with Crippen LogP contribution < -0.4 is 24.8 Å². The van der Waals surface area contributed by atoms with Crippen molar-refractivity contribution in [3.8, 4) is 0 Å². The molecule has 1 unspecified atom stereocenters. The van der Waals surface area contributed by atoms with Crippen molar-refractivity contribution in [3.63, 3.8) is 0 Å². The fourth-order valence-electron chi connectivity index (χ4n) is 3.85. The third-order valence-corrected chi connectivity index (χ3v) is 23.2. The van der Waals surface area contributed by atoms with Gasteiger partial charge in [0.1, 0.15) is 0 Å². The van der Waals surface area contributed by atoms with E-state index in [1.54, 1.807) is 11.1 Å². The average Bonchev–Trinajstić information content (AvgIpc) is 3.06. The fraction of sp³-hybridized carbons (Fsp3) is 0.429. The van der Waals surface area contributed by atoms with Gasteiger partial charge in [-0.25, -0.2) is 0 Å². The van der Waals surface area contributed by atoms with Crippen molar-refractivity contribution in [1.29, 1.82) is 0 Å². The van der Waals surface area contributed by atoms with E-state index in [1.807, 2.05) is 3.28 Å². The summed E-state index contributed by atoms with van der Waals surface area (Å²) in [6, 6.07) is 9.14. The molecule has 1 aromatic carbocycles. The van der Waals surface area contributed by atoms with Gasteiger partial charge in [0.25, 0.3) is 0 Å². The van der Waals surface area contributed by atoms with Gasteiger partial charge in [-0.15, -0.1) is 0 Å². The van der Waals surface area contributed by atoms with E-state index in [9.17, 15) is 0 Å². The molecule has 0 saturated carbocycles. The second-order valence-electron chi connectivity index (χ2n) is 8.14. The summed E-state index contributed by atoms with van der Waals surface area (Å²) in [6.45, 7) is 14.5. The standard InChI is InChI=1S/C10H9.C9H13.C2H6Si.2ClH.Zr/c1-8-6-7-9-4-2-3-5-10(8)9;1-9(2,3)8-6-4-5-7-8;1-3-2;;;/h2-7H,1H3;4,6H,7H2,1-3H3;1-2H3;2*1H;/q;;;;;+2/p-2. The monoisotopic (exact) mass is 468 g/mol. The number of halogens is 2. The Morgan fingerprint density at radius 1 is 1.04 bits per heavy atom. The molecule has 4 heteroatoms. The van der Waals surface area contributed by atoms with Gasteiger partial charge in [-0.2, -0.15) is 0 Å². The van der Waals surface area contributed by atoms with Crippen LogP contribution in [0.5, 0.6) is 0 Å². The molecule has 1 aromatic rings. The molecule has 0 amide bonds. The van der Waals surface area contributed by atoms with Crippen LogP contribution in [0.15, 0.2) is 51.3 Å². The molecule has 0 aliphatic heterocycles. The molecule has 0 heterocycles. The molecule has 0 spiro atoms. The zero-order valence-electron chi connectivity index (χ0n) is 16.1. The molecule has 25 heavy (non-hydrogen) atoms. The summed E-state index contributed by atoms with van der Waals surface area (Å²) in [5.74, 6) is 0. The van der Waals surface area contributed by atoms with Crippen molar-refractivity contribution < 1.29 is 45.2 Å². The molecule has 0 nitrogen and oxygen atoms in total. The van der Waals surface area contributed by atoms with Crippen molar-refractivity contribution in [1.82, 2.24) is 0 Å². The summed E-state index contributed by atoms with van der Waals surface area (Å²) in [5.41, 5.74) is 6.40. The van der Waals surface area contributed by atoms with Crippen LogP contribution in [0.25, 0.3) is 5.57 Å². The zero-order valence-corrected chi connectivity index (χ0v) is 21.1. The van der Waals surface area contributed by atoms with E-state index in [2.05, 4.69) is 83.3 Å². The third kappa shape index (κ3) is 4.70. The van der Waals surface area contributed by atoms with Gasteiger partial charge in [-0.1, -0.05) is 0 Å². The van der Waals surface area contributed by atoms with Crippen LogP contribution >= 0.6 is 0 Å². The normalized spacial score (nSPS) is 18.0. The Kier molecular flexibility index (Phi) is 8.22. The van der Waals surface area contributed by atoms with E-state index < -0.39 is 20.4 Å². The summed E-state index contributed by atoms with van der Waals surface area (Å²) in [6.07, 6.45) is 8.85. The van der Waals surface area contributed by atoms with Crippen molar-refractivity contribution in [2.75, 3.05) is 0 Å². The Balaban J connectivity index is 0.00000156. The third-order valence-electron chi connectivity index (χ3n) is 5.16. The minimum atomic E-state index is -1.66. The maximum absolute atomic E-state index is 2.62. The minimum absolute atomic E-state index is 0. The topological polar surface area (TPSA) is 0 Å². The maximum Gasteiger partial charge on any atom is -1.00 e. The van der Waals surface area contributed by atoms with E-state index in [4.69, 9.17) is 0 Å². The molecular weight excluding hydrogens is 442 g/mol. The predicted octanol–water partition coefficient (Wildman–Crippen LogP) is 0.282. The Morgan fingerprint density at radius 3 is 2.24 bits per heavy atom. The molecule has 3 rings (SSSR count). The molecule has 0 fully saturated rings. The first-order valence-corrected chi connectivity index (χ1v) is 17.5. The van der Waals surface area contributed by atoms with E-state index in [0.717, 1.165) is 3.63 Å². The average molecular weight is 471 g/mol. The number of hydrogen-bond acceptors (Lipinski definition) is 0. The van der Waals surface area contributed by atoms with Crippen LogP contribution in [-0.2, 0) is 20.4 Å². The SMILES string of the molecule is CC1=C[CH]([Zr+2]([C]2=CC=C(C(C)(C)C)C2)=[Si](C)C)c2ccccc21.[Cl-].[Cl-]. The van der Waals surface area contributed by atoms with Gasteiger partial charge in [0.15, 0.2) is 0 Å². The quantitative estimate of drug-likeness (QED) is 0.545. The minimum Gasteiger partial charge on any atom is -1.00 e. The van der Waals surface area contributed by atoms with Gasteiger partial charge in [0.2, 0.25) is 0 Å². The molecule has 134 valence electrons. The maximum atomic E-state index is 2.62. The summed E-state index contributed by atoms with van der Waals surface area (Å²) < 4.78 is 2.64. The van der Waals surface area contributed by atoms with Crippen LogP contribution in [0.3, 0.4) is 0 Å².